The standard InChI is InChI=1S/C15H25N3O2/c1-12(2)11-18-15(16)17-8-5-9-20-14-7-4-6-13(10-14)19-3/h4,6-7,10,12H,5,8-9,11H2,1-3H3,(H3,16,17,18). The number of rotatable bonds is 8. The quantitative estimate of drug-likeness (QED) is 0.434. The van der Waals surface area contributed by atoms with Gasteiger partial charge in [-0.25, -0.2) is 0 Å². The summed E-state index contributed by atoms with van der Waals surface area (Å²) in [5.74, 6) is 2.63. The number of aliphatic imine (C=N–C) groups is 1. The lowest BCUT2D eigenvalue weighted by Crippen LogP contribution is -2.33. The third kappa shape index (κ3) is 6.87. The molecule has 0 amide bonds. The first-order valence-electron chi connectivity index (χ1n) is 6.92. The Bertz CT molecular complexity index is 419. The molecular formula is C15H25N3O2. The van der Waals surface area contributed by atoms with Crippen LogP contribution < -0.4 is 20.5 Å². The fourth-order valence-corrected chi connectivity index (χ4v) is 1.51. The highest BCUT2D eigenvalue weighted by Gasteiger charge is 1.97. The lowest BCUT2D eigenvalue weighted by atomic mass is 10.2. The molecule has 0 bridgehead atoms. The SMILES string of the molecule is COc1cccc(OCCCNC(N)=NCC(C)C)c1. The van der Waals surface area contributed by atoms with E-state index in [0.717, 1.165) is 31.0 Å². The van der Waals surface area contributed by atoms with Crippen molar-refractivity contribution in [1.82, 2.24) is 5.32 Å². The largest absolute Gasteiger partial charge is 0.497 e. The first-order chi connectivity index (χ1) is 9.61. The van der Waals surface area contributed by atoms with Crippen molar-refractivity contribution in [2.24, 2.45) is 16.6 Å². The monoisotopic (exact) mass is 279 g/mol. The van der Waals surface area contributed by atoms with Gasteiger partial charge in [-0.15, -0.1) is 0 Å². The predicted molar refractivity (Wildman–Crippen MR) is 82.4 cm³/mol. The Morgan fingerprint density at radius 3 is 2.80 bits per heavy atom. The summed E-state index contributed by atoms with van der Waals surface area (Å²) in [6.45, 7) is 6.34. The lowest BCUT2D eigenvalue weighted by molar-refractivity contribution is 0.308. The number of benzene rings is 1. The molecule has 0 fully saturated rings. The number of methoxy groups -OCH3 is 1. The third-order valence-electron chi connectivity index (χ3n) is 2.56. The maximum Gasteiger partial charge on any atom is 0.188 e. The average molecular weight is 279 g/mol. The molecule has 0 radical (unpaired) electrons. The van der Waals surface area contributed by atoms with E-state index in [-0.39, 0.29) is 0 Å². The molecule has 0 aliphatic carbocycles. The zero-order valence-electron chi connectivity index (χ0n) is 12.6. The van der Waals surface area contributed by atoms with Crippen molar-refractivity contribution >= 4 is 5.96 Å². The Balaban J connectivity index is 2.17. The van der Waals surface area contributed by atoms with Gasteiger partial charge in [-0.3, -0.25) is 4.99 Å². The Hall–Kier alpha value is -1.91. The normalized spacial score (nSPS) is 11.5. The third-order valence-corrected chi connectivity index (χ3v) is 2.56. The van der Waals surface area contributed by atoms with E-state index in [2.05, 4.69) is 24.2 Å². The highest BCUT2D eigenvalue weighted by molar-refractivity contribution is 5.77. The second-order valence-electron chi connectivity index (χ2n) is 4.93. The molecule has 20 heavy (non-hydrogen) atoms. The van der Waals surface area contributed by atoms with Crippen LogP contribution in [0.25, 0.3) is 0 Å². The van der Waals surface area contributed by atoms with E-state index in [4.69, 9.17) is 15.2 Å². The fourth-order valence-electron chi connectivity index (χ4n) is 1.51. The molecule has 1 rings (SSSR count). The molecule has 0 aliphatic rings. The van der Waals surface area contributed by atoms with Gasteiger partial charge in [-0.05, 0) is 24.5 Å². The molecule has 0 spiro atoms. The van der Waals surface area contributed by atoms with E-state index >= 15 is 0 Å². The second-order valence-corrected chi connectivity index (χ2v) is 4.93. The number of nitrogens with zero attached hydrogens (tertiary/aromatic N) is 1. The number of guanidine groups is 1. The lowest BCUT2D eigenvalue weighted by Gasteiger charge is -2.09. The van der Waals surface area contributed by atoms with Gasteiger partial charge in [0.25, 0.3) is 0 Å². The average Bonchev–Trinajstić information content (AvgIpc) is 2.45. The summed E-state index contributed by atoms with van der Waals surface area (Å²) in [7, 11) is 1.64. The molecule has 0 heterocycles. The van der Waals surface area contributed by atoms with Gasteiger partial charge in [0.15, 0.2) is 5.96 Å². The maximum absolute atomic E-state index is 5.73. The molecule has 0 saturated carbocycles. The minimum Gasteiger partial charge on any atom is -0.497 e. The van der Waals surface area contributed by atoms with Gasteiger partial charge in [-0.1, -0.05) is 19.9 Å². The van der Waals surface area contributed by atoms with E-state index in [1.165, 1.54) is 0 Å². The topological polar surface area (TPSA) is 68.9 Å². The van der Waals surface area contributed by atoms with E-state index in [1.807, 2.05) is 24.3 Å². The van der Waals surface area contributed by atoms with Crippen LogP contribution in [0.15, 0.2) is 29.3 Å². The molecule has 3 N–H and O–H groups in total. The van der Waals surface area contributed by atoms with Crippen molar-refractivity contribution in [3.8, 4) is 11.5 Å². The molecular weight excluding hydrogens is 254 g/mol. The van der Waals surface area contributed by atoms with Crippen molar-refractivity contribution in [3.63, 3.8) is 0 Å². The van der Waals surface area contributed by atoms with Gasteiger partial charge in [-0.2, -0.15) is 0 Å². The van der Waals surface area contributed by atoms with Gasteiger partial charge in [0.05, 0.1) is 13.7 Å². The summed E-state index contributed by atoms with van der Waals surface area (Å²) in [6, 6.07) is 7.57. The minimum atomic E-state index is 0.500. The summed E-state index contributed by atoms with van der Waals surface area (Å²) in [5.41, 5.74) is 5.73. The summed E-state index contributed by atoms with van der Waals surface area (Å²) < 4.78 is 10.8. The van der Waals surface area contributed by atoms with E-state index < -0.39 is 0 Å². The highest BCUT2D eigenvalue weighted by atomic mass is 16.5. The number of nitrogens with one attached hydrogen (secondary N) is 1. The number of hydrogen-bond donors (Lipinski definition) is 2. The van der Waals surface area contributed by atoms with Crippen LogP contribution in [-0.2, 0) is 0 Å². The molecule has 5 nitrogen and oxygen atoms in total. The molecule has 5 heteroatoms. The Kier molecular flexibility index (Phi) is 7.32. The van der Waals surface area contributed by atoms with Crippen LogP contribution in [-0.4, -0.2) is 32.8 Å². The van der Waals surface area contributed by atoms with Gasteiger partial charge in [0.2, 0.25) is 0 Å². The van der Waals surface area contributed by atoms with Gasteiger partial charge in [0.1, 0.15) is 11.5 Å². The van der Waals surface area contributed by atoms with Gasteiger partial charge in [0, 0.05) is 19.2 Å². The van der Waals surface area contributed by atoms with Crippen molar-refractivity contribution < 1.29 is 9.47 Å². The molecule has 1 aromatic rings. The summed E-state index contributed by atoms with van der Waals surface area (Å²) in [4.78, 5) is 4.23. The summed E-state index contributed by atoms with van der Waals surface area (Å²) in [5, 5.41) is 3.07. The zero-order valence-corrected chi connectivity index (χ0v) is 12.6. The second kappa shape index (κ2) is 9.07. The molecule has 0 aromatic heterocycles. The van der Waals surface area contributed by atoms with Crippen molar-refractivity contribution in [2.45, 2.75) is 20.3 Å². The van der Waals surface area contributed by atoms with Crippen LogP contribution >= 0.6 is 0 Å². The molecule has 1 aromatic carbocycles. The Morgan fingerprint density at radius 1 is 1.35 bits per heavy atom. The molecule has 0 atom stereocenters. The molecule has 112 valence electrons. The number of hydrogen-bond acceptors (Lipinski definition) is 3. The van der Waals surface area contributed by atoms with Crippen LogP contribution in [0.1, 0.15) is 20.3 Å². The predicted octanol–water partition coefficient (Wildman–Crippen LogP) is 2.02. The van der Waals surface area contributed by atoms with Crippen LogP contribution in [0.3, 0.4) is 0 Å². The number of nitrogens with two attached hydrogens (primary N) is 1. The van der Waals surface area contributed by atoms with E-state index in [9.17, 15) is 0 Å². The Labute approximate surface area is 121 Å². The summed E-state index contributed by atoms with van der Waals surface area (Å²) in [6.07, 6.45) is 0.856. The maximum atomic E-state index is 5.73. The smallest absolute Gasteiger partial charge is 0.188 e. The van der Waals surface area contributed by atoms with E-state index in [1.54, 1.807) is 7.11 Å². The molecule has 0 aliphatic heterocycles. The first-order valence-corrected chi connectivity index (χ1v) is 6.92. The van der Waals surface area contributed by atoms with Gasteiger partial charge < -0.3 is 20.5 Å². The Morgan fingerprint density at radius 2 is 2.10 bits per heavy atom. The van der Waals surface area contributed by atoms with E-state index in [0.29, 0.717) is 18.5 Å². The molecule has 0 saturated heterocycles. The van der Waals surface area contributed by atoms with Gasteiger partial charge >= 0.3 is 0 Å². The molecule has 0 unspecified atom stereocenters. The summed E-state index contributed by atoms with van der Waals surface area (Å²) >= 11 is 0. The van der Waals surface area contributed by atoms with Crippen LogP contribution in [0, 0.1) is 5.92 Å². The van der Waals surface area contributed by atoms with Crippen molar-refractivity contribution in [3.05, 3.63) is 24.3 Å². The first kappa shape index (κ1) is 16.1. The van der Waals surface area contributed by atoms with Crippen LogP contribution in [0.4, 0.5) is 0 Å². The van der Waals surface area contributed by atoms with Crippen LogP contribution in [0.2, 0.25) is 0 Å². The fraction of sp³-hybridized carbons (Fsp3) is 0.533. The minimum absolute atomic E-state index is 0.500. The van der Waals surface area contributed by atoms with Crippen LogP contribution in [0.5, 0.6) is 11.5 Å². The van der Waals surface area contributed by atoms with Crippen molar-refractivity contribution in [1.29, 1.82) is 0 Å². The highest BCUT2D eigenvalue weighted by Crippen LogP contribution is 2.18. The zero-order chi connectivity index (χ0) is 14.8. The number of ether oxygens (including phenoxy) is 2. The van der Waals surface area contributed by atoms with Crippen molar-refractivity contribution in [2.75, 3.05) is 26.8 Å².